The molecular weight excluding hydrogens is 188 g/mol. The SMILES string of the molecule is CCc1sc(CC)c2snnc12. The maximum atomic E-state index is 4.14. The Kier molecular flexibility index (Phi) is 2.11. The van der Waals surface area contributed by atoms with Gasteiger partial charge in [-0.1, -0.05) is 18.3 Å². The van der Waals surface area contributed by atoms with Crippen LogP contribution in [-0.4, -0.2) is 9.59 Å². The van der Waals surface area contributed by atoms with E-state index in [1.807, 2.05) is 11.3 Å². The van der Waals surface area contributed by atoms with Crippen LogP contribution >= 0.6 is 22.9 Å². The molecule has 0 atom stereocenters. The number of thiophene rings is 1. The third-order valence-corrected chi connectivity index (χ3v) is 4.28. The Balaban J connectivity index is 2.70. The molecule has 0 fully saturated rings. The van der Waals surface area contributed by atoms with Crippen molar-refractivity contribution < 1.29 is 0 Å². The maximum Gasteiger partial charge on any atom is 0.120 e. The van der Waals surface area contributed by atoms with Crippen molar-refractivity contribution in [1.82, 2.24) is 9.59 Å². The molecule has 0 bridgehead atoms. The predicted octanol–water partition coefficient (Wildman–Crippen LogP) is 2.88. The standard InChI is InChI=1S/C8H10N2S2/c1-3-5-7-8(12-10-9-7)6(4-2)11-5/h3-4H2,1-2H3. The quantitative estimate of drug-likeness (QED) is 0.741. The van der Waals surface area contributed by atoms with Crippen LogP contribution in [0.2, 0.25) is 0 Å². The van der Waals surface area contributed by atoms with Crippen molar-refractivity contribution in [2.45, 2.75) is 26.7 Å². The van der Waals surface area contributed by atoms with Gasteiger partial charge in [0.05, 0.1) is 4.70 Å². The number of hydrogen-bond donors (Lipinski definition) is 0. The molecule has 0 saturated carbocycles. The lowest BCUT2D eigenvalue weighted by Crippen LogP contribution is -1.72. The van der Waals surface area contributed by atoms with Gasteiger partial charge in [-0.3, -0.25) is 0 Å². The fraction of sp³-hybridized carbons (Fsp3) is 0.500. The van der Waals surface area contributed by atoms with E-state index in [-0.39, 0.29) is 0 Å². The minimum absolute atomic E-state index is 1.08. The van der Waals surface area contributed by atoms with Crippen molar-refractivity contribution in [2.75, 3.05) is 0 Å². The van der Waals surface area contributed by atoms with Crippen LogP contribution in [0.15, 0.2) is 0 Å². The van der Waals surface area contributed by atoms with Crippen LogP contribution in [0.4, 0.5) is 0 Å². The van der Waals surface area contributed by atoms with E-state index in [2.05, 4.69) is 23.4 Å². The Bertz CT molecular complexity index is 355. The first-order chi connectivity index (χ1) is 5.86. The summed E-state index contributed by atoms with van der Waals surface area (Å²) >= 11 is 3.41. The fourth-order valence-corrected chi connectivity index (χ4v) is 3.29. The summed E-state index contributed by atoms with van der Waals surface area (Å²) in [6.45, 7) is 4.36. The summed E-state index contributed by atoms with van der Waals surface area (Å²) in [7, 11) is 0. The molecule has 0 N–H and O–H groups in total. The lowest BCUT2D eigenvalue weighted by molar-refractivity contribution is 1.15. The van der Waals surface area contributed by atoms with Gasteiger partial charge in [0, 0.05) is 9.75 Å². The third-order valence-electron chi connectivity index (χ3n) is 1.89. The van der Waals surface area contributed by atoms with E-state index in [1.54, 1.807) is 0 Å². The fourth-order valence-electron chi connectivity index (χ4n) is 1.27. The molecule has 4 heteroatoms. The van der Waals surface area contributed by atoms with E-state index < -0.39 is 0 Å². The molecule has 2 nitrogen and oxygen atoms in total. The molecule has 0 unspecified atom stereocenters. The number of fused-ring (bicyclic) bond motifs is 1. The van der Waals surface area contributed by atoms with Gasteiger partial charge in [-0.05, 0) is 24.4 Å². The molecular formula is C8H10N2S2. The van der Waals surface area contributed by atoms with E-state index >= 15 is 0 Å². The van der Waals surface area contributed by atoms with Gasteiger partial charge in [-0.25, -0.2) is 0 Å². The summed E-state index contributed by atoms with van der Waals surface area (Å²) in [6.07, 6.45) is 2.18. The van der Waals surface area contributed by atoms with E-state index in [0.29, 0.717) is 0 Å². The Hall–Kier alpha value is -0.480. The zero-order valence-corrected chi connectivity index (χ0v) is 8.76. The predicted molar refractivity (Wildman–Crippen MR) is 54.0 cm³/mol. The number of aryl methyl sites for hydroxylation is 2. The van der Waals surface area contributed by atoms with E-state index in [4.69, 9.17) is 0 Å². The van der Waals surface area contributed by atoms with Gasteiger partial charge < -0.3 is 0 Å². The summed E-state index contributed by atoms with van der Waals surface area (Å²) in [5.74, 6) is 0. The van der Waals surface area contributed by atoms with Crippen LogP contribution in [0.5, 0.6) is 0 Å². The first-order valence-corrected chi connectivity index (χ1v) is 5.68. The highest BCUT2D eigenvalue weighted by atomic mass is 32.1. The minimum atomic E-state index is 1.08. The molecule has 64 valence electrons. The molecule has 12 heavy (non-hydrogen) atoms. The number of aromatic nitrogens is 2. The van der Waals surface area contributed by atoms with Crippen molar-refractivity contribution in [1.29, 1.82) is 0 Å². The molecule has 0 aliphatic rings. The minimum Gasteiger partial charge on any atom is -0.141 e. The molecule has 0 aliphatic heterocycles. The van der Waals surface area contributed by atoms with Gasteiger partial charge in [0.2, 0.25) is 0 Å². The highest BCUT2D eigenvalue weighted by Crippen LogP contribution is 2.32. The van der Waals surface area contributed by atoms with Crippen LogP contribution in [0.25, 0.3) is 10.2 Å². The van der Waals surface area contributed by atoms with E-state index in [1.165, 1.54) is 26.0 Å². The number of nitrogens with zero attached hydrogens (tertiary/aromatic N) is 2. The molecule has 0 aromatic carbocycles. The van der Waals surface area contributed by atoms with Gasteiger partial charge in [0.25, 0.3) is 0 Å². The van der Waals surface area contributed by atoms with Crippen molar-refractivity contribution >= 4 is 33.1 Å². The van der Waals surface area contributed by atoms with Crippen molar-refractivity contribution in [3.8, 4) is 0 Å². The molecule has 2 rings (SSSR count). The van der Waals surface area contributed by atoms with Gasteiger partial charge in [-0.2, -0.15) is 0 Å². The Morgan fingerprint density at radius 1 is 1.17 bits per heavy atom. The maximum absolute atomic E-state index is 4.14. The molecule has 0 aliphatic carbocycles. The smallest absolute Gasteiger partial charge is 0.120 e. The Labute approximate surface area is 79.4 Å². The van der Waals surface area contributed by atoms with Crippen LogP contribution < -0.4 is 0 Å². The van der Waals surface area contributed by atoms with E-state index in [0.717, 1.165) is 18.4 Å². The topological polar surface area (TPSA) is 25.8 Å². The lowest BCUT2D eigenvalue weighted by atomic mass is 10.3. The van der Waals surface area contributed by atoms with Crippen LogP contribution in [0.3, 0.4) is 0 Å². The van der Waals surface area contributed by atoms with Gasteiger partial charge in [0.15, 0.2) is 0 Å². The molecule has 0 amide bonds. The number of hydrogen-bond acceptors (Lipinski definition) is 4. The number of rotatable bonds is 2. The zero-order valence-electron chi connectivity index (χ0n) is 7.13. The third kappa shape index (κ3) is 1.06. The van der Waals surface area contributed by atoms with Crippen molar-refractivity contribution in [2.24, 2.45) is 0 Å². The highest BCUT2D eigenvalue weighted by molar-refractivity contribution is 7.21. The van der Waals surface area contributed by atoms with Crippen LogP contribution in [0, 0.1) is 0 Å². The summed E-state index contributed by atoms with van der Waals surface area (Å²) in [6, 6.07) is 0. The second kappa shape index (κ2) is 3.11. The summed E-state index contributed by atoms with van der Waals surface area (Å²) in [5, 5.41) is 4.14. The lowest BCUT2D eigenvalue weighted by Gasteiger charge is -1.85. The largest absolute Gasteiger partial charge is 0.141 e. The van der Waals surface area contributed by atoms with Crippen molar-refractivity contribution in [3.05, 3.63) is 9.75 Å². The monoisotopic (exact) mass is 198 g/mol. The van der Waals surface area contributed by atoms with E-state index in [9.17, 15) is 0 Å². The summed E-state index contributed by atoms with van der Waals surface area (Å²) < 4.78 is 5.28. The first kappa shape index (κ1) is 8.13. The second-order valence-corrected chi connectivity index (χ2v) is 4.55. The second-order valence-electron chi connectivity index (χ2n) is 2.61. The molecule has 2 aromatic heterocycles. The van der Waals surface area contributed by atoms with Gasteiger partial charge in [0.1, 0.15) is 5.52 Å². The van der Waals surface area contributed by atoms with Crippen LogP contribution in [0.1, 0.15) is 23.6 Å². The summed E-state index contributed by atoms with van der Waals surface area (Å²) in [4.78, 5) is 2.83. The molecule has 0 saturated heterocycles. The van der Waals surface area contributed by atoms with Gasteiger partial charge >= 0.3 is 0 Å². The molecule has 2 aromatic rings. The first-order valence-electron chi connectivity index (χ1n) is 4.09. The highest BCUT2D eigenvalue weighted by Gasteiger charge is 2.11. The Morgan fingerprint density at radius 2 is 1.92 bits per heavy atom. The molecule has 2 heterocycles. The molecule has 0 radical (unpaired) electrons. The average molecular weight is 198 g/mol. The average Bonchev–Trinajstić information content (AvgIpc) is 2.63. The normalized spacial score (nSPS) is 11.2. The zero-order chi connectivity index (χ0) is 8.55. The van der Waals surface area contributed by atoms with Gasteiger partial charge in [-0.15, -0.1) is 16.4 Å². The molecule has 0 spiro atoms. The Morgan fingerprint density at radius 3 is 2.58 bits per heavy atom. The van der Waals surface area contributed by atoms with Crippen LogP contribution in [-0.2, 0) is 12.8 Å². The summed E-state index contributed by atoms with van der Waals surface area (Å²) in [5.41, 5.74) is 1.14. The van der Waals surface area contributed by atoms with Crippen molar-refractivity contribution in [3.63, 3.8) is 0 Å².